The third kappa shape index (κ3) is 3.25. The number of carbonyl (C=O) groups excluding carboxylic acids is 1. The molecule has 0 saturated heterocycles. The predicted octanol–water partition coefficient (Wildman–Crippen LogP) is 3.27. The Hall–Kier alpha value is -1.45. The molecule has 0 N–H and O–H groups in total. The zero-order valence-corrected chi connectivity index (χ0v) is 10.2. The van der Waals surface area contributed by atoms with Gasteiger partial charge < -0.3 is 4.74 Å². The monoisotopic (exact) mass is 242 g/mol. The van der Waals surface area contributed by atoms with Crippen LogP contribution in [0.15, 0.2) is 18.2 Å². The number of ether oxygens (including phenoxy) is 1. The maximum absolute atomic E-state index is 13.1. The average molecular weight is 242 g/mol. The van der Waals surface area contributed by atoms with Crippen LogP contribution in [0.25, 0.3) is 0 Å². The second-order valence-corrected chi connectivity index (χ2v) is 4.15. The summed E-state index contributed by atoms with van der Waals surface area (Å²) in [4.78, 5) is 11.7. The number of carbonyl (C=O) groups is 1. The predicted molar refractivity (Wildman–Crippen MR) is 60.6 cm³/mol. The van der Waals surface area contributed by atoms with E-state index < -0.39 is 23.5 Å². The molecule has 0 aliphatic heterocycles. The van der Waals surface area contributed by atoms with E-state index in [-0.39, 0.29) is 12.5 Å². The number of benzene rings is 1. The van der Waals surface area contributed by atoms with Gasteiger partial charge in [-0.15, -0.1) is 0 Å². The van der Waals surface area contributed by atoms with Crippen LogP contribution in [0, 0.1) is 17.6 Å². The van der Waals surface area contributed by atoms with Gasteiger partial charge in [-0.05, 0) is 30.5 Å². The van der Waals surface area contributed by atoms with Gasteiger partial charge in [-0.2, -0.15) is 0 Å². The number of halogens is 2. The van der Waals surface area contributed by atoms with Gasteiger partial charge in [0.05, 0.1) is 12.5 Å². The molecule has 94 valence electrons. The van der Waals surface area contributed by atoms with E-state index in [0.717, 1.165) is 12.1 Å². The summed E-state index contributed by atoms with van der Waals surface area (Å²) in [5, 5.41) is 0. The lowest BCUT2D eigenvalue weighted by Gasteiger charge is -2.19. The van der Waals surface area contributed by atoms with E-state index in [1.165, 1.54) is 6.07 Å². The maximum atomic E-state index is 13.1. The molecule has 0 radical (unpaired) electrons. The molecule has 0 amide bonds. The van der Waals surface area contributed by atoms with Crippen LogP contribution in [-0.2, 0) is 9.53 Å². The normalized spacial score (nSPS) is 12.6. The highest BCUT2D eigenvalue weighted by molar-refractivity contribution is 5.78. The van der Waals surface area contributed by atoms with Gasteiger partial charge in [-0.3, -0.25) is 4.79 Å². The molecule has 0 heterocycles. The van der Waals surface area contributed by atoms with Gasteiger partial charge in [-0.25, -0.2) is 8.78 Å². The molecule has 0 bridgehead atoms. The molecule has 1 aromatic carbocycles. The number of esters is 1. The Bertz CT molecular complexity index is 402. The fourth-order valence-electron chi connectivity index (χ4n) is 1.73. The Morgan fingerprint density at radius 2 is 1.94 bits per heavy atom. The van der Waals surface area contributed by atoms with Gasteiger partial charge in [0, 0.05) is 0 Å². The highest BCUT2D eigenvalue weighted by Crippen LogP contribution is 2.27. The van der Waals surface area contributed by atoms with Crippen LogP contribution < -0.4 is 0 Å². The Kier molecular flexibility index (Phi) is 4.61. The van der Waals surface area contributed by atoms with Gasteiger partial charge in [0.25, 0.3) is 0 Å². The Labute approximate surface area is 99.6 Å². The highest BCUT2D eigenvalue weighted by atomic mass is 19.2. The minimum Gasteiger partial charge on any atom is -0.466 e. The summed E-state index contributed by atoms with van der Waals surface area (Å²) in [5.41, 5.74) is 0.442. The lowest BCUT2D eigenvalue weighted by Crippen LogP contribution is -2.21. The third-order valence-electron chi connectivity index (χ3n) is 2.51. The summed E-state index contributed by atoms with van der Waals surface area (Å²) in [6.45, 7) is 5.65. The van der Waals surface area contributed by atoms with Crippen LogP contribution in [0.1, 0.15) is 32.3 Å². The van der Waals surface area contributed by atoms with Crippen LogP contribution >= 0.6 is 0 Å². The van der Waals surface area contributed by atoms with E-state index in [1.807, 2.05) is 13.8 Å². The number of hydrogen-bond acceptors (Lipinski definition) is 2. The average Bonchev–Trinajstić information content (AvgIpc) is 2.23. The van der Waals surface area contributed by atoms with Crippen molar-refractivity contribution in [3.05, 3.63) is 35.4 Å². The highest BCUT2D eigenvalue weighted by Gasteiger charge is 2.26. The fraction of sp³-hybridized carbons (Fsp3) is 0.462. The van der Waals surface area contributed by atoms with Crippen LogP contribution in [-0.4, -0.2) is 12.6 Å². The first-order valence-electron chi connectivity index (χ1n) is 5.59. The summed E-state index contributed by atoms with van der Waals surface area (Å²) in [7, 11) is 0. The second kappa shape index (κ2) is 5.75. The lowest BCUT2D eigenvalue weighted by molar-refractivity contribution is -0.146. The van der Waals surface area contributed by atoms with Crippen molar-refractivity contribution in [3.63, 3.8) is 0 Å². The summed E-state index contributed by atoms with van der Waals surface area (Å²) in [6, 6.07) is 3.50. The van der Waals surface area contributed by atoms with E-state index in [2.05, 4.69) is 0 Å². The van der Waals surface area contributed by atoms with E-state index >= 15 is 0 Å². The van der Waals surface area contributed by atoms with Crippen LogP contribution in [0.3, 0.4) is 0 Å². The molecular weight excluding hydrogens is 226 g/mol. The molecule has 1 aromatic rings. The first kappa shape index (κ1) is 13.6. The first-order valence-corrected chi connectivity index (χ1v) is 5.59. The van der Waals surface area contributed by atoms with Crippen molar-refractivity contribution in [1.82, 2.24) is 0 Å². The molecule has 0 aliphatic carbocycles. The Morgan fingerprint density at radius 1 is 1.29 bits per heavy atom. The minimum atomic E-state index is -0.947. The van der Waals surface area contributed by atoms with Gasteiger partial charge >= 0.3 is 5.97 Å². The van der Waals surface area contributed by atoms with Crippen LogP contribution in [0.4, 0.5) is 8.78 Å². The van der Waals surface area contributed by atoms with Crippen molar-refractivity contribution in [2.75, 3.05) is 6.61 Å². The van der Waals surface area contributed by atoms with Crippen molar-refractivity contribution in [1.29, 1.82) is 0 Å². The summed E-state index contributed by atoms with van der Waals surface area (Å²) in [5.74, 6) is -2.88. The minimum absolute atomic E-state index is 0.0427. The topological polar surface area (TPSA) is 26.3 Å². The van der Waals surface area contributed by atoms with Gasteiger partial charge in [0.15, 0.2) is 11.6 Å². The van der Waals surface area contributed by atoms with Crippen LogP contribution in [0.5, 0.6) is 0 Å². The summed E-state index contributed by atoms with van der Waals surface area (Å²) < 4.78 is 30.9. The molecule has 17 heavy (non-hydrogen) atoms. The lowest BCUT2D eigenvalue weighted by atomic mass is 9.88. The first-order chi connectivity index (χ1) is 7.97. The van der Waals surface area contributed by atoms with Crippen molar-refractivity contribution in [2.24, 2.45) is 5.92 Å². The molecule has 0 spiro atoms. The maximum Gasteiger partial charge on any atom is 0.313 e. The summed E-state index contributed by atoms with van der Waals surface area (Å²) in [6.07, 6.45) is 0. The van der Waals surface area contributed by atoms with Crippen LogP contribution in [0.2, 0.25) is 0 Å². The van der Waals surface area contributed by atoms with Gasteiger partial charge in [0.1, 0.15) is 0 Å². The molecule has 0 aliphatic rings. The molecule has 1 unspecified atom stereocenters. The van der Waals surface area contributed by atoms with E-state index in [9.17, 15) is 13.6 Å². The zero-order valence-electron chi connectivity index (χ0n) is 10.2. The van der Waals surface area contributed by atoms with E-state index in [4.69, 9.17) is 4.74 Å². The summed E-state index contributed by atoms with van der Waals surface area (Å²) >= 11 is 0. The number of hydrogen-bond donors (Lipinski definition) is 0. The Morgan fingerprint density at radius 3 is 2.41 bits per heavy atom. The molecule has 0 saturated carbocycles. The fourth-order valence-corrected chi connectivity index (χ4v) is 1.73. The Balaban J connectivity index is 3.05. The smallest absolute Gasteiger partial charge is 0.313 e. The number of rotatable bonds is 4. The standard InChI is InChI=1S/C13H16F2O2/c1-4-17-13(16)12(8(2)3)9-5-6-10(14)11(15)7-9/h5-8,12H,4H2,1-3H3. The van der Waals surface area contributed by atoms with Crippen molar-refractivity contribution in [2.45, 2.75) is 26.7 Å². The van der Waals surface area contributed by atoms with Crippen molar-refractivity contribution >= 4 is 5.97 Å². The molecule has 0 aromatic heterocycles. The van der Waals surface area contributed by atoms with Crippen molar-refractivity contribution in [3.8, 4) is 0 Å². The van der Waals surface area contributed by atoms with Crippen molar-refractivity contribution < 1.29 is 18.3 Å². The largest absolute Gasteiger partial charge is 0.466 e. The molecule has 1 rings (SSSR count). The molecular formula is C13H16F2O2. The second-order valence-electron chi connectivity index (χ2n) is 4.15. The molecule has 1 atom stereocenters. The molecule has 2 nitrogen and oxygen atoms in total. The van der Waals surface area contributed by atoms with E-state index in [1.54, 1.807) is 6.92 Å². The molecule has 4 heteroatoms. The zero-order chi connectivity index (χ0) is 13.0. The quantitative estimate of drug-likeness (QED) is 0.757. The van der Waals surface area contributed by atoms with E-state index in [0.29, 0.717) is 5.56 Å². The van der Waals surface area contributed by atoms with Gasteiger partial charge in [-0.1, -0.05) is 19.9 Å². The SMILES string of the molecule is CCOC(=O)C(c1ccc(F)c(F)c1)C(C)C. The third-order valence-corrected chi connectivity index (χ3v) is 2.51. The van der Waals surface area contributed by atoms with Gasteiger partial charge in [0.2, 0.25) is 0 Å². The molecule has 0 fully saturated rings.